The number of ether oxygens (including phenoxy) is 1. The number of halogens is 1. The molecule has 1 fully saturated rings. The number of carbonyl (C=O) groups is 1. The first kappa shape index (κ1) is 20.9. The fourth-order valence-electron chi connectivity index (χ4n) is 2.83. The molecule has 152 valence electrons. The Morgan fingerprint density at radius 1 is 1.43 bits per heavy atom. The van der Waals surface area contributed by atoms with Crippen molar-refractivity contribution in [2.45, 2.75) is 36.4 Å². The highest BCUT2D eigenvalue weighted by molar-refractivity contribution is 8.00. The van der Waals surface area contributed by atoms with Crippen molar-refractivity contribution in [3.63, 3.8) is 0 Å². The van der Waals surface area contributed by atoms with Crippen LogP contribution in [0.5, 0.6) is 5.75 Å². The summed E-state index contributed by atoms with van der Waals surface area (Å²) >= 11 is 7.05. The van der Waals surface area contributed by atoms with E-state index in [0.717, 1.165) is 0 Å². The monoisotopic (exact) mass is 444 g/mol. The summed E-state index contributed by atoms with van der Waals surface area (Å²) in [4.78, 5) is 18.5. The van der Waals surface area contributed by atoms with Crippen LogP contribution in [0.15, 0.2) is 29.4 Å². The van der Waals surface area contributed by atoms with Gasteiger partial charge < -0.3 is 9.64 Å². The van der Waals surface area contributed by atoms with Gasteiger partial charge in [0.25, 0.3) is 0 Å². The number of amides is 1. The van der Waals surface area contributed by atoms with E-state index in [1.165, 1.54) is 16.7 Å². The largest absolute Gasteiger partial charge is 0.486 e. The minimum absolute atomic E-state index is 0.0272. The van der Waals surface area contributed by atoms with Crippen LogP contribution in [0.4, 0.5) is 0 Å². The Morgan fingerprint density at radius 2 is 2.14 bits per heavy atom. The standard InChI is InChI=1S/C17H21ClN4O4S2/c1-11(16(23)22(2)13-7-8-28(24,25)10-13)27-17-19-15(20-21-17)9-26-14-5-3-12(18)4-6-14/h3-6,11,13H,7-10H2,1-2H3,(H,19,20,21)/t11-,13-/m1/s1. The molecule has 1 aliphatic heterocycles. The van der Waals surface area contributed by atoms with Gasteiger partial charge in [-0.25, -0.2) is 13.4 Å². The highest BCUT2D eigenvalue weighted by atomic mass is 35.5. The number of nitrogens with one attached hydrogen (secondary N) is 1. The number of H-pyrrole nitrogens is 1. The summed E-state index contributed by atoms with van der Waals surface area (Å²) in [6, 6.07) is 6.72. The number of aromatic amines is 1. The van der Waals surface area contributed by atoms with Gasteiger partial charge in [-0.3, -0.25) is 9.89 Å². The maximum Gasteiger partial charge on any atom is 0.235 e. The lowest BCUT2D eigenvalue weighted by Gasteiger charge is -2.25. The molecule has 1 amide bonds. The van der Waals surface area contributed by atoms with E-state index < -0.39 is 15.1 Å². The Hall–Kier alpha value is -1.78. The van der Waals surface area contributed by atoms with Gasteiger partial charge in [0.1, 0.15) is 12.4 Å². The second-order valence-corrected chi connectivity index (χ2v) is 10.5. The third-order valence-electron chi connectivity index (χ3n) is 4.43. The van der Waals surface area contributed by atoms with Crippen LogP contribution >= 0.6 is 23.4 Å². The zero-order valence-corrected chi connectivity index (χ0v) is 17.9. The van der Waals surface area contributed by atoms with Crippen molar-refractivity contribution in [1.29, 1.82) is 0 Å². The number of nitrogens with zero attached hydrogens (tertiary/aromatic N) is 3. The van der Waals surface area contributed by atoms with Gasteiger partial charge in [-0.2, -0.15) is 0 Å². The van der Waals surface area contributed by atoms with Crippen molar-refractivity contribution in [3.05, 3.63) is 35.1 Å². The second kappa shape index (κ2) is 8.71. The highest BCUT2D eigenvalue weighted by Gasteiger charge is 2.34. The molecular formula is C17H21ClN4O4S2. The molecule has 2 heterocycles. The first-order valence-electron chi connectivity index (χ1n) is 8.67. The summed E-state index contributed by atoms with van der Waals surface area (Å²) in [5, 5.41) is 7.52. The molecule has 1 N–H and O–H groups in total. The lowest BCUT2D eigenvalue weighted by Crippen LogP contribution is -2.41. The van der Waals surface area contributed by atoms with Crippen molar-refractivity contribution in [1.82, 2.24) is 20.1 Å². The summed E-state index contributed by atoms with van der Waals surface area (Å²) in [5.74, 6) is 1.21. The minimum atomic E-state index is -3.04. The van der Waals surface area contributed by atoms with E-state index in [1.54, 1.807) is 38.2 Å². The molecule has 1 aliphatic rings. The zero-order valence-electron chi connectivity index (χ0n) is 15.5. The fourth-order valence-corrected chi connectivity index (χ4v) is 5.58. The molecule has 0 spiro atoms. The number of carbonyl (C=O) groups excluding carboxylic acids is 1. The molecule has 8 nitrogen and oxygen atoms in total. The Labute approximate surface area is 172 Å². The molecule has 0 saturated carbocycles. The van der Waals surface area contributed by atoms with Crippen LogP contribution < -0.4 is 4.74 Å². The number of hydrogen-bond donors (Lipinski definition) is 1. The molecule has 1 saturated heterocycles. The van der Waals surface area contributed by atoms with E-state index in [2.05, 4.69) is 15.2 Å². The van der Waals surface area contributed by atoms with Crippen LogP contribution in [0.1, 0.15) is 19.2 Å². The Balaban J connectivity index is 1.52. The summed E-state index contributed by atoms with van der Waals surface area (Å²) in [6.07, 6.45) is 0.481. The molecule has 0 unspecified atom stereocenters. The normalized spacial score (nSPS) is 19.3. The van der Waals surface area contributed by atoms with Crippen molar-refractivity contribution in [2.75, 3.05) is 18.6 Å². The van der Waals surface area contributed by atoms with Gasteiger partial charge in [-0.1, -0.05) is 23.4 Å². The van der Waals surface area contributed by atoms with E-state index in [0.29, 0.717) is 28.2 Å². The third kappa shape index (κ3) is 5.39. The summed E-state index contributed by atoms with van der Waals surface area (Å²) in [5.41, 5.74) is 0. The lowest BCUT2D eigenvalue weighted by atomic mass is 10.2. The van der Waals surface area contributed by atoms with Gasteiger partial charge in [0.2, 0.25) is 11.1 Å². The van der Waals surface area contributed by atoms with Crippen molar-refractivity contribution < 1.29 is 17.9 Å². The van der Waals surface area contributed by atoms with Crippen LogP contribution in [0.2, 0.25) is 5.02 Å². The van der Waals surface area contributed by atoms with E-state index in [4.69, 9.17) is 16.3 Å². The molecular weight excluding hydrogens is 424 g/mol. The third-order valence-corrected chi connectivity index (χ3v) is 7.39. The number of sulfone groups is 1. The van der Waals surface area contributed by atoms with Gasteiger partial charge in [0.05, 0.1) is 16.8 Å². The van der Waals surface area contributed by atoms with E-state index in [1.807, 2.05) is 0 Å². The SMILES string of the molecule is C[C@@H](Sc1n[nH]c(COc2ccc(Cl)cc2)n1)C(=O)N(C)[C@@H]1CCS(=O)(=O)C1. The van der Waals surface area contributed by atoms with Gasteiger partial charge in [-0.15, -0.1) is 5.10 Å². The maximum absolute atomic E-state index is 12.6. The van der Waals surface area contributed by atoms with Gasteiger partial charge in [0, 0.05) is 18.1 Å². The number of hydrogen-bond acceptors (Lipinski definition) is 7. The number of benzene rings is 1. The summed E-state index contributed by atoms with van der Waals surface area (Å²) in [7, 11) is -1.39. The summed E-state index contributed by atoms with van der Waals surface area (Å²) < 4.78 is 28.9. The first-order valence-corrected chi connectivity index (χ1v) is 11.7. The molecule has 0 aliphatic carbocycles. The fraction of sp³-hybridized carbons (Fsp3) is 0.471. The van der Waals surface area contributed by atoms with Crippen LogP contribution in [0.3, 0.4) is 0 Å². The van der Waals surface area contributed by atoms with E-state index in [-0.39, 0.29) is 30.1 Å². The van der Waals surface area contributed by atoms with Crippen LogP contribution in [0, 0.1) is 0 Å². The van der Waals surface area contributed by atoms with E-state index in [9.17, 15) is 13.2 Å². The number of thioether (sulfide) groups is 1. The summed E-state index contributed by atoms with van der Waals surface area (Å²) in [6.45, 7) is 1.96. The van der Waals surface area contributed by atoms with Gasteiger partial charge in [-0.05, 0) is 37.6 Å². The molecule has 28 heavy (non-hydrogen) atoms. The molecule has 1 aromatic heterocycles. The predicted molar refractivity (Wildman–Crippen MR) is 107 cm³/mol. The van der Waals surface area contributed by atoms with Crippen molar-refractivity contribution in [3.8, 4) is 5.75 Å². The van der Waals surface area contributed by atoms with Gasteiger partial charge in [0.15, 0.2) is 15.7 Å². The minimum Gasteiger partial charge on any atom is -0.486 e. The van der Waals surface area contributed by atoms with Crippen molar-refractivity contribution in [2.24, 2.45) is 0 Å². The maximum atomic E-state index is 12.6. The average Bonchev–Trinajstić information content (AvgIpc) is 3.25. The number of aromatic nitrogens is 3. The molecule has 11 heteroatoms. The first-order chi connectivity index (χ1) is 13.2. The van der Waals surface area contributed by atoms with Crippen molar-refractivity contribution >= 4 is 39.1 Å². The van der Waals surface area contributed by atoms with E-state index >= 15 is 0 Å². The quantitative estimate of drug-likeness (QED) is 0.652. The molecule has 1 aromatic carbocycles. The van der Waals surface area contributed by atoms with Crippen LogP contribution in [-0.4, -0.2) is 64.3 Å². The van der Waals surface area contributed by atoms with Crippen LogP contribution in [0.25, 0.3) is 0 Å². The lowest BCUT2D eigenvalue weighted by molar-refractivity contribution is -0.130. The van der Waals surface area contributed by atoms with Gasteiger partial charge >= 0.3 is 0 Å². The Kier molecular flexibility index (Phi) is 6.51. The number of rotatable bonds is 7. The molecule has 2 aromatic rings. The molecule has 0 radical (unpaired) electrons. The average molecular weight is 445 g/mol. The molecule has 3 rings (SSSR count). The highest BCUT2D eigenvalue weighted by Crippen LogP contribution is 2.24. The smallest absolute Gasteiger partial charge is 0.235 e. The topological polar surface area (TPSA) is 105 Å². The molecule has 0 bridgehead atoms. The zero-order chi connectivity index (χ0) is 20.3. The Bertz CT molecular complexity index is 933. The van der Waals surface area contributed by atoms with Crippen LogP contribution in [-0.2, 0) is 21.2 Å². The molecule has 2 atom stereocenters. The Morgan fingerprint density at radius 3 is 2.79 bits per heavy atom. The second-order valence-electron chi connectivity index (χ2n) is 6.57. The predicted octanol–water partition coefficient (Wildman–Crippen LogP) is 2.16.